The van der Waals surface area contributed by atoms with E-state index in [1.165, 1.54) is 37.3 Å². The quantitative estimate of drug-likeness (QED) is 0.785. The van der Waals surface area contributed by atoms with Crippen molar-refractivity contribution in [2.24, 2.45) is 13.0 Å². The highest BCUT2D eigenvalue weighted by Gasteiger charge is 2.23. The molecule has 1 atom stereocenters. The van der Waals surface area contributed by atoms with E-state index in [1.54, 1.807) is 0 Å². The van der Waals surface area contributed by atoms with Crippen LogP contribution in [0.3, 0.4) is 0 Å². The van der Waals surface area contributed by atoms with Gasteiger partial charge in [0, 0.05) is 51.5 Å². The lowest BCUT2D eigenvalue weighted by Gasteiger charge is -2.21. The van der Waals surface area contributed by atoms with Crippen LogP contribution in [0.25, 0.3) is 0 Å². The van der Waals surface area contributed by atoms with Crippen LogP contribution in [0.1, 0.15) is 17.7 Å². The van der Waals surface area contributed by atoms with E-state index in [4.69, 9.17) is 0 Å². The fraction of sp³-hybridized carbons (Fsp3) is 0.526. The van der Waals surface area contributed by atoms with Gasteiger partial charge < -0.3 is 4.90 Å². The number of nitrogens with zero attached hydrogens (tertiary/aromatic N) is 4. The van der Waals surface area contributed by atoms with Crippen molar-refractivity contribution >= 4 is 0 Å². The molecule has 1 saturated heterocycles. The number of benzene rings is 1. The maximum atomic E-state index is 4.24. The summed E-state index contributed by atoms with van der Waals surface area (Å²) < 4.78 is 1.98. The van der Waals surface area contributed by atoms with Gasteiger partial charge in [-0.2, -0.15) is 5.10 Å². The molecule has 124 valence electrons. The third kappa shape index (κ3) is 4.66. The number of likely N-dealkylation sites (tertiary alicyclic amines) is 1. The zero-order chi connectivity index (χ0) is 16.1. The lowest BCUT2D eigenvalue weighted by molar-refractivity contribution is 0.261. The minimum atomic E-state index is 0.801. The highest BCUT2D eigenvalue weighted by atomic mass is 15.3. The van der Waals surface area contributed by atoms with E-state index < -0.39 is 0 Å². The highest BCUT2D eigenvalue weighted by molar-refractivity contribution is 5.14. The normalized spacial score (nSPS) is 18.8. The number of hydrogen-bond donors (Lipinski definition) is 0. The van der Waals surface area contributed by atoms with Gasteiger partial charge in [0.25, 0.3) is 0 Å². The molecule has 1 aromatic carbocycles. The van der Waals surface area contributed by atoms with E-state index in [9.17, 15) is 0 Å². The zero-order valence-corrected chi connectivity index (χ0v) is 14.4. The molecule has 4 nitrogen and oxygen atoms in total. The largest absolute Gasteiger partial charge is 0.306 e. The van der Waals surface area contributed by atoms with Crippen LogP contribution in [-0.4, -0.2) is 52.8 Å². The Kier molecular flexibility index (Phi) is 5.47. The van der Waals surface area contributed by atoms with Crippen molar-refractivity contribution in [3.8, 4) is 0 Å². The standard InChI is InChI=1S/C19H28N4/c1-21(12-10-19-8-11-20-22(19)2)14-18-9-13-23(16-18)15-17-6-4-3-5-7-17/h3-8,11,18H,9-10,12-16H2,1-2H3. The number of aryl methyl sites for hydroxylation is 1. The summed E-state index contributed by atoms with van der Waals surface area (Å²) in [7, 11) is 4.27. The second kappa shape index (κ2) is 7.75. The number of rotatable bonds is 7. The molecule has 0 spiro atoms. The predicted molar refractivity (Wildman–Crippen MR) is 94.2 cm³/mol. The highest BCUT2D eigenvalue weighted by Crippen LogP contribution is 2.19. The van der Waals surface area contributed by atoms with Crippen LogP contribution in [0.5, 0.6) is 0 Å². The van der Waals surface area contributed by atoms with Gasteiger partial charge in [0.1, 0.15) is 0 Å². The van der Waals surface area contributed by atoms with Gasteiger partial charge in [-0.1, -0.05) is 30.3 Å². The molecule has 4 heteroatoms. The van der Waals surface area contributed by atoms with Crippen LogP contribution in [0.15, 0.2) is 42.6 Å². The Morgan fingerprint density at radius 2 is 2.04 bits per heavy atom. The molecular formula is C19H28N4. The third-order valence-corrected chi connectivity index (χ3v) is 4.86. The first-order valence-electron chi connectivity index (χ1n) is 8.62. The number of hydrogen-bond acceptors (Lipinski definition) is 3. The number of likely N-dealkylation sites (N-methyl/N-ethyl adjacent to an activating group) is 1. The smallest absolute Gasteiger partial charge is 0.0492 e. The molecular weight excluding hydrogens is 284 g/mol. The van der Waals surface area contributed by atoms with Gasteiger partial charge in [-0.3, -0.25) is 9.58 Å². The summed E-state index contributed by atoms with van der Waals surface area (Å²) in [6, 6.07) is 12.9. The van der Waals surface area contributed by atoms with Gasteiger partial charge >= 0.3 is 0 Å². The van der Waals surface area contributed by atoms with Crippen molar-refractivity contribution in [1.29, 1.82) is 0 Å². The van der Waals surface area contributed by atoms with Crippen molar-refractivity contribution < 1.29 is 0 Å². The fourth-order valence-corrected chi connectivity index (χ4v) is 3.53. The molecule has 2 aromatic rings. The Morgan fingerprint density at radius 1 is 1.22 bits per heavy atom. The predicted octanol–water partition coefficient (Wildman–Crippen LogP) is 2.42. The summed E-state index contributed by atoms with van der Waals surface area (Å²) in [6.07, 6.45) is 4.28. The first-order chi connectivity index (χ1) is 11.2. The van der Waals surface area contributed by atoms with E-state index in [1.807, 2.05) is 17.9 Å². The topological polar surface area (TPSA) is 24.3 Å². The monoisotopic (exact) mass is 312 g/mol. The van der Waals surface area contributed by atoms with Gasteiger partial charge in [0.05, 0.1) is 0 Å². The SMILES string of the molecule is CN(CCc1ccnn1C)CC1CCN(Cc2ccccc2)C1. The molecule has 0 aliphatic carbocycles. The average Bonchev–Trinajstić information content (AvgIpc) is 3.15. The zero-order valence-electron chi connectivity index (χ0n) is 14.4. The molecule has 3 rings (SSSR count). The fourth-order valence-electron chi connectivity index (χ4n) is 3.53. The average molecular weight is 312 g/mol. The van der Waals surface area contributed by atoms with E-state index in [0.717, 1.165) is 25.4 Å². The molecule has 23 heavy (non-hydrogen) atoms. The minimum absolute atomic E-state index is 0.801. The number of aromatic nitrogens is 2. The molecule has 0 N–H and O–H groups in total. The van der Waals surface area contributed by atoms with Crippen LogP contribution in [0, 0.1) is 5.92 Å². The molecule has 0 amide bonds. The maximum absolute atomic E-state index is 4.24. The van der Waals surface area contributed by atoms with Crippen LogP contribution in [0.4, 0.5) is 0 Å². The molecule has 1 aliphatic heterocycles. The first kappa shape index (κ1) is 16.2. The summed E-state index contributed by atoms with van der Waals surface area (Å²) in [5, 5.41) is 4.24. The lowest BCUT2D eigenvalue weighted by atomic mass is 10.1. The summed E-state index contributed by atoms with van der Waals surface area (Å²) in [6.45, 7) is 5.86. The van der Waals surface area contributed by atoms with Gasteiger partial charge in [0.15, 0.2) is 0 Å². The van der Waals surface area contributed by atoms with Crippen LogP contribution < -0.4 is 0 Å². The Labute approximate surface area is 139 Å². The second-order valence-electron chi connectivity index (χ2n) is 6.83. The van der Waals surface area contributed by atoms with E-state index in [-0.39, 0.29) is 0 Å². The van der Waals surface area contributed by atoms with E-state index in [0.29, 0.717) is 0 Å². The molecule has 1 fully saturated rings. The van der Waals surface area contributed by atoms with Crippen molar-refractivity contribution in [3.05, 3.63) is 53.9 Å². The van der Waals surface area contributed by atoms with Crippen LogP contribution in [-0.2, 0) is 20.0 Å². The summed E-state index contributed by atoms with van der Waals surface area (Å²) in [5.41, 5.74) is 2.74. The Bertz CT molecular complexity index is 592. The second-order valence-corrected chi connectivity index (χ2v) is 6.83. The van der Waals surface area contributed by atoms with Crippen LogP contribution >= 0.6 is 0 Å². The van der Waals surface area contributed by atoms with Crippen molar-refractivity contribution in [2.45, 2.75) is 19.4 Å². The lowest BCUT2D eigenvalue weighted by Crippen LogP contribution is -2.30. The summed E-state index contributed by atoms with van der Waals surface area (Å²) >= 11 is 0. The van der Waals surface area contributed by atoms with E-state index in [2.05, 4.69) is 58.3 Å². The Hall–Kier alpha value is -1.65. The van der Waals surface area contributed by atoms with Crippen molar-refractivity contribution in [1.82, 2.24) is 19.6 Å². The molecule has 0 bridgehead atoms. The molecule has 2 heterocycles. The Morgan fingerprint density at radius 3 is 2.78 bits per heavy atom. The summed E-state index contributed by atoms with van der Waals surface area (Å²) in [5.74, 6) is 0.801. The molecule has 1 aromatic heterocycles. The molecule has 1 aliphatic rings. The molecule has 0 saturated carbocycles. The summed E-state index contributed by atoms with van der Waals surface area (Å²) in [4.78, 5) is 5.07. The van der Waals surface area contributed by atoms with Crippen LogP contribution in [0.2, 0.25) is 0 Å². The Balaban J connectivity index is 1.40. The van der Waals surface area contributed by atoms with Gasteiger partial charge in [0.2, 0.25) is 0 Å². The minimum Gasteiger partial charge on any atom is -0.306 e. The van der Waals surface area contributed by atoms with Gasteiger partial charge in [-0.15, -0.1) is 0 Å². The first-order valence-corrected chi connectivity index (χ1v) is 8.62. The maximum Gasteiger partial charge on any atom is 0.0492 e. The molecule has 1 unspecified atom stereocenters. The van der Waals surface area contributed by atoms with E-state index >= 15 is 0 Å². The van der Waals surface area contributed by atoms with Gasteiger partial charge in [-0.05, 0) is 37.6 Å². The molecule has 0 radical (unpaired) electrons. The van der Waals surface area contributed by atoms with Crippen molar-refractivity contribution in [3.63, 3.8) is 0 Å². The van der Waals surface area contributed by atoms with Gasteiger partial charge in [-0.25, -0.2) is 0 Å². The van der Waals surface area contributed by atoms with Crippen molar-refractivity contribution in [2.75, 3.05) is 33.2 Å². The third-order valence-electron chi connectivity index (χ3n) is 4.86.